The van der Waals surface area contributed by atoms with Crippen LogP contribution in [0.2, 0.25) is 0 Å². The summed E-state index contributed by atoms with van der Waals surface area (Å²) in [6.45, 7) is 2.47. The van der Waals surface area contributed by atoms with Gasteiger partial charge in [0.1, 0.15) is 11.4 Å². The predicted molar refractivity (Wildman–Crippen MR) is 65.5 cm³/mol. The van der Waals surface area contributed by atoms with Gasteiger partial charge in [0.25, 0.3) is 0 Å². The number of hydrogen-bond acceptors (Lipinski definition) is 3. The molecule has 1 aromatic rings. The third-order valence-corrected chi connectivity index (χ3v) is 3.40. The van der Waals surface area contributed by atoms with E-state index in [9.17, 15) is 4.79 Å². The zero-order valence-corrected chi connectivity index (χ0v) is 10.4. The van der Waals surface area contributed by atoms with E-state index in [0.717, 1.165) is 19.3 Å². The molecule has 1 aliphatic carbocycles. The van der Waals surface area contributed by atoms with Crippen LogP contribution >= 0.6 is 0 Å². The number of rotatable bonds is 5. The van der Waals surface area contributed by atoms with Crippen LogP contribution in [-0.4, -0.2) is 25.1 Å². The van der Waals surface area contributed by atoms with E-state index < -0.39 is 5.60 Å². The summed E-state index contributed by atoms with van der Waals surface area (Å²) in [7, 11) is 1.61. The number of para-hydroxylation sites is 1. The normalized spacial score (nSPS) is 17.3. The van der Waals surface area contributed by atoms with Crippen molar-refractivity contribution in [3.05, 3.63) is 29.8 Å². The van der Waals surface area contributed by atoms with Crippen molar-refractivity contribution in [3.8, 4) is 5.75 Å². The first-order valence-electron chi connectivity index (χ1n) is 6.05. The molecule has 0 aromatic heterocycles. The Morgan fingerprint density at radius 1 is 1.35 bits per heavy atom. The molecule has 0 unspecified atom stereocenters. The lowest BCUT2D eigenvalue weighted by atomic mass is 9.74. The Labute approximate surface area is 102 Å². The van der Waals surface area contributed by atoms with Crippen molar-refractivity contribution in [2.45, 2.75) is 31.8 Å². The summed E-state index contributed by atoms with van der Waals surface area (Å²) in [5, 5.41) is 0. The largest absolute Gasteiger partial charge is 0.493 e. The van der Waals surface area contributed by atoms with E-state index in [1.165, 1.54) is 0 Å². The zero-order valence-electron chi connectivity index (χ0n) is 10.4. The van der Waals surface area contributed by atoms with Crippen LogP contribution in [-0.2, 0) is 4.74 Å². The third-order valence-electron chi connectivity index (χ3n) is 3.40. The Balaban J connectivity index is 2.30. The Hall–Kier alpha value is -1.35. The van der Waals surface area contributed by atoms with E-state index in [-0.39, 0.29) is 5.78 Å². The molecule has 0 radical (unpaired) electrons. The highest BCUT2D eigenvalue weighted by Crippen LogP contribution is 2.39. The van der Waals surface area contributed by atoms with Crippen molar-refractivity contribution in [3.63, 3.8) is 0 Å². The second kappa shape index (κ2) is 4.88. The SMILES string of the molecule is CCOc1ccccc1C(=O)C1(OC)CCC1. The number of ketones is 1. The molecule has 1 fully saturated rings. The Morgan fingerprint density at radius 2 is 2.06 bits per heavy atom. The van der Waals surface area contributed by atoms with Gasteiger partial charge in [0.2, 0.25) is 0 Å². The number of hydrogen-bond donors (Lipinski definition) is 0. The molecule has 0 aliphatic heterocycles. The van der Waals surface area contributed by atoms with Gasteiger partial charge in [-0.1, -0.05) is 12.1 Å². The molecular formula is C14H18O3. The van der Waals surface area contributed by atoms with Crippen LogP contribution in [0.3, 0.4) is 0 Å². The zero-order chi connectivity index (χ0) is 12.3. The molecule has 3 heteroatoms. The van der Waals surface area contributed by atoms with Crippen LogP contribution in [0.15, 0.2) is 24.3 Å². The monoisotopic (exact) mass is 234 g/mol. The van der Waals surface area contributed by atoms with Gasteiger partial charge in [-0.25, -0.2) is 0 Å². The molecule has 1 saturated carbocycles. The maximum atomic E-state index is 12.5. The molecule has 1 aromatic carbocycles. The molecule has 0 N–H and O–H groups in total. The van der Waals surface area contributed by atoms with Crippen LogP contribution < -0.4 is 4.74 Å². The summed E-state index contributed by atoms with van der Waals surface area (Å²) < 4.78 is 10.9. The minimum atomic E-state index is -0.604. The number of Topliss-reactive ketones (excluding diaryl/α,β-unsaturated/α-hetero) is 1. The van der Waals surface area contributed by atoms with Gasteiger partial charge in [-0.15, -0.1) is 0 Å². The number of carbonyl (C=O) groups is 1. The van der Waals surface area contributed by atoms with Crippen LogP contribution in [0.4, 0.5) is 0 Å². The van der Waals surface area contributed by atoms with E-state index >= 15 is 0 Å². The van der Waals surface area contributed by atoms with E-state index in [1.807, 2.05) is 31.2 Å². The second-order valence-electron chi connectivity index (χ2n) is 4.31. The molecule has 17 heavy (non-hydrogen) atoms. The summed E-state index contributed by atoms with van der Waals surface area (Å²) in [6, 6.07) is 7.38. The highest BCUT2D eigenvalue weighted by Gasteiger charge is 2.45. The first kappa shape index (κ1) is 12.1. The number of benzene rings is 1. The molecule has 0 heterocycles. The molecule has 0 atom stereocenters. The first-order chi connectivity index (χ1) is 8.23. The highest BCUT2D eigenvalue weighted by molar-refractivity contribution is 6.05. The van der Waals surface area contributed by atoms with Crippen molar-refractivity contribution in [1.29, 1.82) is 0 Å². The Bertz CT molecular complexity index is 402. The molecule has 92 valence electrons. The van der Waals surface area contributed by atoms with Crippen molar-refractivity contribution < 1.29 is 14.3 Å². The smallest absolute Gasteiger partial charge is 0.198 e. The predicted octanol–water partition coefficient (Wildman–Crippen LogP) is 2.84. The molecule has 3 nitrogen and oxygen atoms in total. The van der Waals surface area contributed by atoms with Gasteiger partial charge >= 0.3 is 0 Å². The van der Waals surface area contributed by atoms with E-state index in [4.69, 9.17) is 9.47 Å². The minimum absolute atomic E-state index is 0.0512. The fourth-order valence-electron chi connectivity index (χ4n) is 2.20. The molecular weight excluding hydrogens is 216 g/mol. The standard InChI is InChI=1S/C14H18O3/c1-3-17-12-8-5-4-7-11(12)13(15)14(16-2)9-6-10-14/h4-5,7-8H,3,6,9-10H2,1-2H3. The van der Waals surface area contributed by atoms with Gasteiger partial charge in [-0.2, -0.15) is 0 Å². The fourth-order valence-corrected chi connectivity index (χ4v) is 2.20. The summed E-state index contributed by atoms with van der Waals surface area (Å²) in [5.41, 5.74) is 0.0311. The van der Waals surface area contributed by atoms with Crippen molar-refractivity contribution in [1.82, 2.24) is 0 Å². The number of carbonyl (C=O) groups excluding carboxylic acids is 1. The van der Waals surface area contributed by atoms with E-state index in [1.54, 1.807) is 7.11 Å². The highest BCUT2D eigenvalue weighted by atomic mass is 16.5. The van der Waals surface area contributed by atoms with Crippen LogP contribution in [0.5, 0.6) is 5.75 Å². The molecule has 0 spiro atoms. The second-order valence-corrected chi connectivity index (χ2v) is 4.31. The molecule has 0 saturated heterocycles. The summed E-state index contributed by atoms with van der Waals surface area (Å²) in [6.07, 6.45) is 2.67. The minimum Gasteiger partial charge on any atom is -0.493 e. The molecule has 0 bridgehead atoms. The van der Waals surface area contributed by atoms with Gasteiger partial charge in [0, 0.05) is 7.11 Å². The van der Waals surface area contributed by atoms with Crippen molar-refractivity contribution in [2.75, 3.05) is 13.7 Å². The van der Waals surface area contributed by atoms with Gasteiger partial charge in [-0.05, 0) is 38.3 Å². The average molecular weight is 234 g/mol. The molecule has 1 aliphatic rings. The van der Waals surface area contributed by atoms with Crippen molar-refractivity contribution in [2.24, 2.45) is 0 Å². The fraction of sp³-hybridized carbons (Fsp3) is 0.500. The van der Waals surface area contributed by atoms with Gasteiger partial charge in [0.15, 0.2) is 5.78 Å². The van der Waals surface area contributed by atoms with Crippen LogP contribution in [0.25, 0.3) is 0 Å². The quantitative estimate of drug-likeness (QED) is 0.735. The maximum Gasteiger partial charge on any atom is 0.198 e. The maximum absolute atomic E-state index is 12.5. The lowest BCUT2D eigenvalue weighted by molar-refractivity contribution is -0.0449. The summed E-state index contributed by atoms with van der Waals surface area (Å²) >= 11 is 0. The molecule has 2 rings (SSSR count). The van der Waals surface area contributed by atoms with Gasteiger partial charge in [-0.3, -0.25) is 4.79 Å². The third kappa shape index (κ3) is 2.07. The lowest BCUT2D eigenvalue weighted by Crippen LogP contribution is -2.47. The molecule has 0 amide bonds. The number of ether oxygens (including phenoxy) is 2. The van der Waals surface area contributed by atoms with Crippen LogP contribution in [0, 0.1) is 0 Å². The van der Waals surface area contributed by atoms with Crippen molar-refractivity contribution >= 4 is 5.78 Å². The van der Waals surface area contributed by atoms with Crippen LogP contribution in [0.1, 0.15) is 36.5 Å². The van der Waals surface area contributed by atoms with E-state index in [2.05, 4.69) is 0 Å². The average Bonchev–Trinajstić information content (AvgIpc) is 2.29. The number of methoxy groups -OCH3 is 1. The van der Waals surface area contributed by atoms with E-state index in [0.29, 0.717) is 17.9 Å². The topological polar surface area (TPSA) is 35.5 Å². The first-order valence-corrected chi connectivity index (χ1v) is 6.05. The summed E-state index contributed by atoms with van der Waals surface area (Å²) in [5.74, 6) is 0.707. The summed E-state index contributed by atoms with van der Waals surface area (Å²) in [4.78, 5) is 12.5. The van der Waals surface area contributed by atoms with Gasteiger partial charge < -0.3 is 9.47 Å². The Kier molecular flexibility index (Phi) is 3.48. The van der Waals surface area contributed by atoms with Gasteiger partial charge in [0.05, 0.1) is 12.2 Å². The lowest BCUT2D eigenvalue weighted by Gasteiger charge is -2.39. The Morgan fingerprint density at radius 3 is 2.59 bits per heavy atom.